The average Bonchev–Trinajstić information content (AvgIpc) is 2.44. The summed E-state index contributed by atoms with van der Waals surface area (Å²) in [6.07, 6.45) is 0.713. The number of nitrogens with zero attached hydrogens (tertiary/aromatic N) is 2. The van der Waals surface area contributed by atoms with E-state index in [9.17, 15) is 4.39 Å². The summed E-state index contributed by atoms with van der Waals surface area (Å²) in [4.78, 5) is 4.08. The third kappa shape index (κ3) is 3.69. The first-order valence-electron chi connectivity index (χ1n) is 5.84. The van der Waals surface area contributed by atoms with Gasteiger partial charge in [-0.15, -0.1) is 0 Å². The molecular formula is C14H10BrClFN3. The molecule has 0 saturated carbocycles. The van der Waals surface area contributed by atoms with Gasteiger partial charge in [-0.25, -0.2) is 9.37 Å². The molecule has 0 aliphatic rings. The van der Waals surface area contributed by atoms with Crippen molar-refractivity contribution in [3.05, 3.63) is 56.9 Å². The molecule has 0 unspecified atom stereocenters. The summed E-state index contributed by atoms with van der Waals surface area (Å²) in [5, 5.41) is 12.3. The lowest BCUT2D eigenvalue weighted by Gasteiger charge is -2.07. The van der Waals surface area contributed by atoms with Crippen molar-refractivity contribution in [3.63, 3.8) is 0 Å². The second-order valence-electron chi connectivity index (χ2n) is 4.06. The molecule has 102 valence electrons. The van der Waals surface area contributed by atoms with Crippen molar-refractivity contribution < 1.29 is 4.39 Å². The van der Waals surface area contributed by atoms with E-state index in [1.807, 2.05) is 6.07 Å². The molecule has 2 aromatic rings. The van der Waals surface area contributed by atoms with Crippen LogP contribution < -0.4 is 5.32 Å². The van der Waals surface area contributed by atoms with Crippen molar-refractivity contribution in [2.24, 2.45) is 0 Å². The van der Waals surface area contributed by atoms with Gasteiger partial charge in [0.25, 0.3) is 0 Å². The van der Waals surface area contributed by atoms with Crippen LogP contribution in [0.1, 0.15) is 11.3 Å². The molecule has 1 heterocycles. The topological polar surface area (TPSA) is 48.7 Å². The number of hydrogen-bond acceptors (Lipinski definition) is 3. The van der Waals surface area contributed by atoms with Crippen LogP contribution in [0.5, 0.6) is 0 Å². The molecule has 2 rings (SSSR count). The lowest BCUT2D eigenvalue weighted by Crippen LogP contribution is -2.07. The SMILES string of the molecule is N#Cc1nc(NCCc2ccc(F)c(Br)c2)ccc1Cl. The summed E-state index contributed by atoms with van der Waals surface area (Å²) in [6.45, 7) is 0.623. The minimum absolute atomic E-state index is 0.196. The van der Waals surface area contributed by atoms with Crippen molar-refractivity contribution in [2.45, 2.75) is 6.42 Å². The smallest absolute Gasteiger partial charge is 0.161 e. The first-order valence-corrected chi connectivity index (χ1v) is 7.01. The van der Waals surface area contributed by atoms with Crippen molar-refractivity contribution >= 4 is 33.3 Å². The number of aromatic nitrogens is 1. The number of rotatable bonds is 4. The second-order valence-corrected chi connectivity index (χ2v) is 5.33. The summed E-state index contributed by atoms with van der Waals surface area (Å²) in [5.74, 6) is 0.312. The number of pyridine rings is 1. The minimum Gasteiger partial charge on any atom is -0.370 e. The highest BCUT2D eigenvalue weighted by molar-refractivity contribution is 9.10. The predicted molar refractivity (Wildman–Crippen MR) is 80.3 cm³/mol. The molecule has 1 aromatic carbocycles. The van der Waals surface area contributed by atoms with Gasteiger partial charge in [0.1, 0.15) is 17.7 Å². The van der Waals surface area contributed by atoms with Gasteiger partial charge in [0.15, 0.2) is 5.69 Å². The fraction of sp³-hybridized carbons (Fsp3) is 0.143. The summed E-state index contributed by atoms with van der Waals surface area (Å²) < 4.78 is 13.5. The number of anilines is 1. The fourth-order valence-electron chi connectivity index (χ4n) is 1.65. The Hall–Kier alpha value is -1.64. The summed E-state index contributed by atoms with van der Waals surface area (Å²) in [7, 11) is 0. The van der Waals surface area contributed by atoms with Gasteiger partial charge in [-0.2, -0.15) is 5.26 Å². The van der Waals surface area contributed by atoms with E-state index < -0.39 is 0 Å². The van der Waals surface area contributed by atoms with Gasteiger partial charge in [0.2, 0.25) is 0 Å². The van der Waals surface area contributed by atoms with Crippen LogP contribution in [0.4, 0.5) is 10.2 Å². The van der Waals surface area contributed by atoms with Crippen LogP contribution in [0.15, 0.2) is 34.8 Å². The fourth-order valence-corrected chi connectivity index (χ4v) is 2.22. The third-order valence-corrected chi connectivity index (χ3v) is 3.57. The van der Waals surface area contributed by atoms with Crippen LogP contribution in [-0.2, 0) is 6.42 Å². The Morgan fingerprint density at radius 2 is 2.15 bits per heavy atom. The lowest BCUT2D eigenvalue weighted by molar-refractivity contribution is 0.620. The van der Waals surface area contributed by atoms with Crippen LogP contribution in [0.3, 0.4) is 0 Å². The maximum Gasteiger partial charge on any atom is 0.161 e. The largest absolute Gasteiger partial charge is 0.370 e. The number of nitriles is 1. The van der Waals surface area contributed by atoms with E-state index >= 15 is 0 Å². The predicted octanol–water partition coefficient (Wildman–Crippen LogP) is 4.16. The van der Waals surface area contributed by atoms with E-state index in [1.54, 1.807) is 24.3 Å². The summed E-state index contributed by atoms with van der Waals surface area (Å²) >= 11 is 8.96. The molecule has 0 amide bonds. The van der Waals surface area contributed by atoms with E-state index in [1.165, 1.54) is 6.07 Å². The van der Waals surface area contributed by atoms with Crippen LogP contribution in [0.2, 0.25) is 5.02 Å². The first-order chi connectivity index (χ1) is 9.60. The maximum absolute atomic E-state index is 13.1. The molecule has 0 aliphatic carbocycles. The van der Waals surface area contributed by atoms with E-state index in [2.05, 4.69) is 26.2 Å². The molecule has 6 heteroatoms. The van der Waals surface area contributed by atoms with Gasteiger partial charge in [-0.3, -0.25) is 0 Å². The van der Waals surface area contributed by atoms with Crippen molar-refractivity contribution in [2.75, 3.05) is 11.9 Å². The molecule has 3 nitrogen and oxygen atoms in total. The maximum atomic E-state index is 13.1. The molecule has 0 spiro atoms. The van der Waals surface area contributed by atoms with Crippen molar-refractivity contribution in [1.29, 1.82) is 5.26 Å². The van der Waals surface area contributed by atoms with Gasteiger partial charge in [-0.1, -0.05) is 17.7 Å². The minimum atomic E-state index is -0.278. The molecule has 0 radical (unpaired) electrons. The Labute approximate surface area is 129 Å². The number of nitrogens with one attached hydrogen (secondary N) is 1. The van der Waals surface area contributed by atoms with Gasteiger partial charge < -0.3 is 5.32 Å². The zero-order valence-corrected chi connectivity index (χ0v) is 12.7. The van der Waals surface area contributed by atoms with Crippen LogP contribution in [0.25, 0.3) is 0 Å². The van der Waals surface area contributed by atoms with Crippen LogP contribution in [-0.4, -0.2) is 11.5 Å². The second kappa shape index (κ2) is 6.69. The Kier molecular flexibility index (Phi) is 4.94. The Balaban J connectivity index is 1.96. The monoisotopic (exact) mass is 353 g/mol. The molecular weight excluding hydrogens is 345 g/mol. The number of hydrogen-bond donors (Lipinski definition) is 1. The van der Waals surface area contributed by atoms with Gasteiger partial charge in [0.05, 0.1) is 9.50 Å². The van der Waals surface area contributed by atoms with E-state index in [4.69, 9.17) is 16.9 Å². The molecule has 0 atom stereocenters. The van der Waals surface area contributed by atoms with Crippen molar-refractivity contribution in [3.8, 4) is 6.07 Å². The van der Waals surface area contributed by atoms with Crippen LogP contribution in [0, 0.1) is 17.1 Å². The number of benzene rings is 1. The molecule has 0 aliphatic heterocycles. The molecule has 0 bridgehead atoms. The standard InChI is InChI=1S/C14H10BrClFN3/c15-10-7-9(1-3-12(10)17)5-6-19-14-4-2-11(16)13(8-18)20-14/h1-4,7H,5-6H2,(H,19,20). The van der Waals surface area contributed by atoms with Gasteiger partial charge in [0, 0.05) is 6.54 Å². The van der Waals surface area contributed by atoms with Crippen molar-refractivity contribution in [1.82, 2.24) is 4.98 Å². The zero-order chi connectivity index (χ0) is 14.5. The Bertz CT molecular complexity index is 670. The summed E-state index contributed by atoms with van der Waals surface area (Å²) in [6, 6.07) is 10.2. The highest BCUT2D eigenvalue weighted by atomic mass is 79.9. The quantitative estimate of drug-likeness (QED) is 0.897. The highest BCUT2D eigenvalue weighted by Gasteiger charge is 2.03. The van der Waals surface area contributed by atoms with Crippen LogP contribution >= 0.6 is 27.5 Å². The van der Waals surface area contributed by atoms with Gasteiger partial charge >= 0.3 is 0 Å². The molecule has 0 fully saturated rings. The zero-order valence-electron chi connectivity index (χ0n) is 10.3. The van der Waals surface area contributed by atoms with Gasteiger partial charge in [-0.05, 0) is 52.2 Å². The first kappa shape index (κ1) is 14.8. The molecule has 0 saturated heterocycles. The lowest BCUT2D eigenvalue weighted by atomic mass is 10.1. The van der Waals surface area contributed by atoms with E-state index in [-0.39, 0.29) is 11.5 Å². The molecule has 20 heavy (non-hydrogen) atoms. The average molecular weight is 355 g/mol. The number of halogens is 3. The Morgan fingerprint density at radius 3 is 2.85 bits per heavy atom. The molecule has 1 N–H and O–H groups in total. The van der Waals surface area contributed by atoms with E-state index in [0.29, 0.717) is 28.3 Å². The van der Waals surface area contributed by atoms with E-state index in [0.717, 1.165) is 5.56 Å². The normalized spacial score (nSPS) is 10.1. The Morgan fingerprint density at radius 1 is 1.35 bits per heavy atom. The third-order valence-electron chi connectivity index (χ3n) is 2.66. The highest BCUT2D eigenvalue weighted by Crippen LogP contribution is 2.18. The summed E-state index contributed by atoms with van der Waals surface area (Å²) in [5.41, 5.74) is 1.20. The molecule has 1 aromatic heterocycles.